The topological polar surface area (TPSA) is 88.6 Å². The van der Waals surface area contributed by atoms with Gasteiger partial charge in [-0.15, -0.1) is 0 Å². The normalized spacial score (nSPS) is 18.9. The van der Waals surface area contributed by atoms with Gasteiger partial charge in [0.1, 0.15) is 11.5 Å². The molecule has 2 heterocycles. The first kappa shape index (κ1) is 27.6. The molecule has 2 aromatic carbocycles. The van der Waals surface area contributed by atoms with Crippen LogP contribution in [0.25, 0.3) is 0 Å². The number of hydrogen-bond donors (Lipinski definition) is 1. The Balaban J connectivity index is 1.38. The third-order valence-corrected chi connectivity index (χ3v) is 8.26. The van der Waals surface area contributed by atoms with Crippen molar-refractivity contribution < 1.29 is 18.3 Å². The molecular formula is C28H38BN3O4S. The third-order valence-electron chi connectivity index (χ3n) is 7.27. The molecule has 4 rings (SSSR count). The molecule has 0 saturated carbocycles. The van der Waals surface area contributed by atoms with Gasteiger partial charge in [-0.25, -0.2) is 4.21 Å². The fourth-order valence-corrected chi connectivity index (χ4v) is 5.00. The number of rotatable bonds is 10. The van der Waals surface area contributed by atoms with E-state index in [1.54, 1.807) is 6.20 Å². The molecule has 1 aliphatic heterocycles. The molecule has 0 aliphatic carbocycles. The molecule has 1 saturated heterocycles. The highest BCUT2D eigenvalue weighted by Crippen LogP contribution is 2.36. The van der Waals surface area contributed by atoms with E-state index < -0.39 is 18.1 Å². The first-order chi connectivity index (χ1) is 17.4. The van der Waals surface area contributed by atoms with Gasteiger partial charge in [0, 0.05) is 23.1 Å². The summed E-state index contributed by atoms with van der Waals surface area (Å²) >= 11 is 0. The summed E-state index contributed by atoms with van der Waals surface area (Å²) in [5.74, 6) is 1.94. The number of aromatic nitrogens is 2. The van der Waals surface area contributed by atoms with Crippen LogP contribution in [0.5, 0.6) is 11.5 Å². The predicted molar refractivity (Wildman–Crippen MR) is 149 cm³/mol. The minimum atomic E-state index is -1.29. The van der Waals surface area contributed by atoms with Crippen molar-refractivity contribution in [1.29, 1.82) is 0 Å². The summed E-state index contributed by atoms with van der Waals surface area (Å²) < 4.78 is 31.9. The fourth-order valence-electron chi connectivity index (χ4n) is 4.48. The number of hydrogen-bond acceptors (Lipinski definition) is 5. The quantitative estimate of drug-likeness (QED) is 0.393. The zero-order valence-electron chi connectivity index (χ0n) is 22.6. The van der Waals surface area contributed by atoms with Crippen LogP contribution in [0, 0.1) is 5.92 Å². The zero-order chi connectivity index (χ0) is 26.8. The highest BCUT2D eigenvalue weighted by atomic mass is 32.2. The van der Waals surface area contributed by atoms with E-state index in [1.165, 1.54) is 5.56 Å². The van der Waals surface area contributed by atoms with Crippen molar-refractivity contribution in [3.63, 3.8) is 0 Å². The van der Waals surface area contributed by atoms with Crippen molar-refractivity contribution >= 4 is 23.6 Å². The molecule has 37 heavy (non-hydrogen) atoms. The summed E-state index contributed by atoms with van der Waals surface area (Å²) in [6.45, 7) is 12.9. The molecule has 0 radical (unpaired) electrons. The number of benzene rings is 2. The lowest BCUT2D eigenvalue weighted by atomic mass is 9.82. The second kappa shape index (κ2) is 11.1. The smallest absolute Gasteiger partial charge is 0.457 e. The minimum absolute atomic E-state index is 0.0139. The standard InChI is InChI=1S/C28H38BN3O4S/c1-20(13-21(2)37(30)33)14-22-9-7-11-25(15-22)34-26-12-8-10-23(16-26)18-32-19-24(17-31-32)29-35-27(3,4)28(5,6)36-29/h7-12,15-17,19-21H,13-14,18,30H2,1-6H3/t20-,21?,37?/m1/s1. The number of nitrogens with two attached hydrogens (primary N) is 1. The third kappa shape index (κ3) is 6.90. The van der Waals surface area contributed by atoms with E-state index in [9.17, 15) is 4.21 Å². The Morgan fingerprint density at radius 3 is 2.24 bits per heavy atom. The Morgan fingerprint density at radius 2 is 1.62 bits per heavy atom. The van der Waals surface area contributed by atoms with Crippen LogP contribution in [0.3, 0.4) is 0 Å². The van der Waals surface area contributed by atoms with Crippen molar-refractivity contribution in [3.05, 3.63) is 72.1 Å². The van der Waals surface area contributed by atoms with E-state index in [-0.39, 0.29) is 16.5 Å². The van der Waals surface area contributed by atoms with E-state index in [0.717, 1.165) is 35.4 Å². The summed E-state index contributed by atoms with van der Waals surface area (Å²) in [7, 11) is -1.71. The van der Waals surface area contributed by atoms with Crippen LogP contribution in [0.2, 0.25) is 0 Å². The zero-order valence-corrected chi connectivity index (χ0v) is 23.5. The minimum Gasteiger partial charge on any atom is -0.457 e. The molecule has 7 nitrogen and oxygen atoms in total. The van der Waals surface area contributed by atoms with Gasteiger partial charge in [-0.05, 0) is 88.8 Å². The average Bonchev–Trinajstić information content (AvgIpc) is 3.35. The van der Waals surface area contributed by atoms with E-state index in [0.29, 0.717) is 12.5 Å². The maximum absolute atomic E-state index is 11.5. The molecule has 2 N–H and O–H groups in total. The molecule has 1 aromatic heterocycles. The van der Waals surface area contributed by atoms with Crippen LogP contribution in [0.1, 0.15) is 59.1 Å². The Kier molecular flexibility index (Phi) is 8.28. The van der Waals surface area contributed by atoms with Crippen LogP contribution in [-0.2, 0) is 33.3 Å². The van der Waals surface area contributed by atoms with Crippen molar-refractivity contribution in [1.82, 2.24) is 9.78 Å². The van der Waals surface area contributed by atoms with Gasteiger partial charge in [0.2, 0.25) is 0 Å². The van der Waals surface area contributed by atoms with Gasteiger partial charge in [0.15, 0.2) is 0 Å². The van der Waals surface area contributed by atoms with Gasteiger partial charge < -0.3 is 14.0 Å². The van der Waals surface area contributed by atoms with E-state index in [2.05, 4.69) is 30.2 Å². The summed E-state index contributed by atoms with van der Waals surface area (Å²) in [5.41, 5.74) is 2.40. The van der Waals surface area contributed by atoms with Gasteiger partial charge in [-0.3, -0.25) is 9.82 Å². The maximum Gasteiger partial charge on any atom is 0.498 e. The predicted octanol–water partition coefficient (Wildman–Crippen LogP) is 4.60. The molecule has 0 bridgehead atoms. The van der Waals surface area contributed by atoms with Crippen LogP contribution in [-0.4, -0.2) is 37.6 Å². The monoisotopic (exact) mass is 523 g/mol. The Morgan fingerprint density at radius 1 is 1.03 bits per heavy atom. The molecule has 3 aromatic rings. The van der Waals surface area contributed by atoms with Gasteiger partial charge >= 0.3 is 7.12 Å². The Bertz CT molecular complexity index is 1230. The van der Waals surface area contributed by atoms with Crippen LogP contribution in [0.15, 0.2) is 60.9 Å². The summed E-state index contributed by atoms with van der Waals surface area (Å²) in [4.78, 5) is 0. The molecule has 0 amide bonds. The summed E-state index contributed by atoms with van der Waals surface area (Å²) in [6.07, 6.45) is 5.48. The lowest BCUT2D eigenvalue weighted by Gasteiger charge is -2.32. The van der Waals surface area contributed by atoms with Gasteiger partial charge in [0.05, 0.1) is 28.7 Å². The van der Waals surface area contributed by atoms with Crippen molar-refractivity contribution in [3.8, 4) is 11.5 Å². The number of nitrogens with zero attached hydrogens (tertiary/aromatic N) is 2. The first-order valence-electron chi connectivity index (χ1n) is 12.8. The maximum atomic E-state index is 11.5. The second-order valence-corrected chi connectivity index (χ2v) is 12.6. The molecule has 9 heteroatoms. The molecule has 198 valence electrons. The van der Waals surface area contributed by atoms with E-state index >= 15 is 0 Å². The molecule has 1 fully saturated rings. The first-order valence-corrected chi connectivity index (χ1v) is 14.1. The molecule has 0 spiro atoms. The van der Waals surface area contributed by atoms with E-state index in [4.69, 9.17) is 19.2 Å². The Labute approximate surface area is 223 Å². The van der Waals surface area contributed by atoms with Crippen LogP contribution >= 0.6 is 0 Å². The van der Waals surface area contributed by atoms with Crippen LogP contribution < -0.4 is 15.3 Å². The summed E-state index contributed by atoms with van der Waals surface area (Å²) in [5, 5.41) is 10.0. The molecule has 1 aliphatic rings. The largest absolute Gasteiger partial charge is 0.498 e. The lowest BCUT2D eigenvalue weighted by molar-refractivity contribution is 0.00578. The number of ether oxygens (including phenoxy) is 1. The van der Waals surface area contributed by atoms with Crippen molar-refractivity contribution in [2.24, 2.45) is 11.1 Å². The lowest BCUT2D eigenvalue weighted by Crippen LogP contribution is -2.41. The average molecular weight is 524 g/mol. The molecule has 3 atom stereocenters. The second-order valence-electron chi connectivity index (χ2n) is 11.1. The van der Waals surface area contributed by atoms with Crippen LogP contribution in [0.4, 0.5) is 0 Å². The highest BCUT2D eigenvalue weighted by Gasteiger charge is 2.52. The summed E-state index contributed by atoms with van der Waals surface area (Å²) in [6, 6.07) is 16.2. The van der Waals surface area contributed by atoms with Crippen molar-refractivity contribution in [2.45, 2.75) is 77.4 Å². The van der Waals surface area contributed by atoms with Gasteiger partial charge in [0.25, 0.3) is 0 Å². The highest BCUT2D eigenvalue weighted by molar-refractivity contribution is 7.83. The fraction of sp³-hybridized carbons (Fsp3) is 0.464. The SMILES string of the molecule is CC(C[C@@H](C)Cc1cccc(Oc2cccc(Cn3cc(B4OC(C)(C)C(C)(C)O4)cn3)c2)c1)S(N)=O. The van der Waals surface area contributed by atoms with Gasteiger partial charge in [-0.1, -0.05) is 31.2 Å². The van der Waals surface area contributed by atoms with Crippen molar-refractivity contribution in [2.75, 3.05) is 0 Å². The molecular weight excluding hydrogens is 485 g/mol. The van der Waals surface area contributed by atoms with Gasteiger partial charge in [-0.2, -0.15) is 5.10 Å². The van der Waals surface area contributed by atoms with E-state index in [1.807, 2.05) is 75.8 Å². The Hall–Kier alpha value is -2.46. The molecule has 2 unspecified atom stereocenters.